The van der Waals surface area contributed by atoms with Crippen molar-refractivity contribution in [2.75, 3.05) is 0 Å². The van der Waals surface area contributed by atoms with Gasteiger partial charge in [-0.05, 0) is 61.3 Å². The summed E-state index contributed by atoms with van der Waals surface area (Å²) in [7, 11) is 0. The van der Waals surface area contributed by atoms with Gasteiger partial charge in [0, 0.05) is 16.6 Å². The van der Waals surface area contributed by atoms with E-state index in [1.165, 1.54) is 60.6 Å². The minimum absolute atomic E-state index is 0.298. The molecular weight excluding hydrogens is 258 g/mol. The van der Waals surface area contributed by atoms with Crippen molar-refractivity contribution in [3.8, 4) is 0 Å². The van der Waals surface area contributed by atoms with Gasteiger partial charge in [0.25, 0.3) is 0 Å². The zero-order chi connectivity index (χ0) is 14.2. The van der Waals surface area contributed by atoms with Crippen LogP contribution < -0.4 is 0 Å². The molecular formula is C19H25NO. The van der Waals surface area contributed by atoms with Crippen molar-refractivity contribution in [2.24, 2.45) is 0 Å². The van der Waals surface area contributed by atoms with Crippen molar-refractivity contribution in [1.29, 1.82) is 0 Å². The molecule has 2 heteroatoms. The summed E-state index contributed by atoms with van der Waals surface area (Å²) in [5, 5.41) is 11.7. The van der Waals surface area contributed by atoms with Crippen molar-refractivity contribution in [1.82, 2.24) is 4.98 Å². The number of aliphatic hydroxyl groups is 1. The minimum atomic E-state index is -0.298. The summed E-state index contributed by atoms with van der Waals surface area (Å²) in [6, 6.07) is 6.96. The summed E-state index contributed by atoms with van der Waals surface area (Å²) in [4.78, 5) is 3.49. The van der Waals surface area contributed by atoms with E-state index in [0.717, 1.165) is 30.9 Å². The molecule has 2 aliphatic rings. The topological polar surface area (TPSA) is 36.0 Å². The molecule has 0 radical (unpaired) electrons. The summed E-state index contributed by atoms with van der Waals surface area (Å²) in [5.74, 6) is 0.754. The Kier molecular flexibility index (Phi) is 3.50. The molecule has 1 fully saturated rings. The number of nitrogens with one attached hydrogen (secondary N) is 1. The molecule has 1 atom stereocenters. The molecule has 2 nitrogen and oxygen atoms in total. The van der Waals surface area contributed by atoms with Gasteiger partial charge in [-0.25, -0.2) is 0 Å². The molecule has 1 aromatic heterocycles. The number of aromatic amines is 1. The number of hydrogen-bond acceptors (Lipinski definition) is 1. The number of hydrogen-bond donors (Lipinski definition) is 2. The van der Waals surface area contributed by atoms with Gasteiger partial charge in [0.05, 0.1) is 6.10 Å². The molecule has 112 valence electrons. The molecule has 0 aliphatic heterocycles. The molecule has 4 rings (SSSR count). The molecule has 0 amide bonds. The van der Waals surface area contributed by atoms with Crippen molar-refractivity contribution in [3.63, 3.8) is 0 Å². The molecule has 0 saturated heterocycles. The standard InChI is InChI=1S/C19H25NO/c21-18-9-5-4-8-15-16-12-14(13-6-2-1-3-7-13)10-11-17(16)20-19(15)18/h10-13,18,20-21H,1-9H2/t18-/m0/s1. The van der Waals surface area contributed by atoms with Crippen molar-refractivity contribution in [2.45, 2.75) is 69.8 Å². The second-order valence-corrected chi connectivity index (χ2v) is 6.92. The van der Waals surface area contributed by atoms with Gasteiger partial charge >= 0.3 is 0 Å². The van der Waals surface area contributed by atoms with Crippen molar-refractivity contribution in [3.05, 3.63) is 35.0 Å². The van der Waals surface area contributed by atoms with Crippen LogP contribution >= 0.6 is 0 Å². The zero-order valence-electron chi connectivity index (χ0n) is 12.7. The third-order valence-corrected chi connectivity index (χ3v) is 5.53. The molecule has 2 aromatic rings. The monoisotopic (exact) mass is 283 g/mol. The number of H-pyrrole nitrogens is 1. The Balaban J connectivity index is 1.77. The highest BCUT2D eigenvalue weighted by Crippen LogP contribution is 2.37. The van der Waals surface area contributed by atoms with Crippen molar-refractivity contribution >= 4 is 10.9 Å². The van der Waals surface area contributed by atoms with Crippen LogP contribution in [-0.2, 0) is 6.42 Å². The first-order chi connectivity index (χ1) is 10.3. The quantitative estimate of drug-likeness (QED) is 0.712. The van der Waals surface area contributed by atoms with E-state index in [1.807, 2.05) is 0 Å². The summed E-state index contributed by atoms with van der Waals surface area (Å²) in [5.41, 5.74) is 5.19. The summed E-state index contributed by atoms with van der Waals surface area (Å²) < 4.78 is 0. The maximum atomic E-state index is 10.3. The number of rotatable bonds is 1. The predicted octanol–water partition coefficient (Wildman–Crippen LogP) is 4.98. The number of aryl methyl sites for hydroxylation is 1. The van der Waals surface area contributed by atoms with Crippen LogP contribution in [0.25, 0.3) is 10.9 Å². The second-order valence-electron chi connectivity index (χ2n) is 6.92. The average molecular weight is 283 g/mol. The van der Waals surface area contributed by atoms with Crippen molar-refractivity contribution < 1.29 is 5.11 Å². The Morgan fingerprint density at radius 1 is 0.952 bits per heavy atom. The fourth-order valence-corrected chi connectivity index (χ4v) is 4.31. The van der Waals surface area contributed by atoms with Crippen LogP contribution in [0.5, 0.6) is 0 Å². The van der Waals surface area contributed by atoms with Gasteiger partial charge < -0.3 is 10.1 Å². The molecule has 21 heavy (non-hydrogen) atoms. The lowest BCUT2D eigenvalue weighted by Gasteiger charge is -2.22. The van der Waals surface area contributed by atoms with Gasteiger partial charge in [-0.3, -0.25) is 0 Å². The second kappa shape index (κ2) is 5.49. The highest BCUT2D eigenvalue weighted by molar-refractivity contribution is 5.85. The lowest BCUT2D eigenvalue weighted by atomic mass is 9.83. The lowest BCUT2D eigenvalue weighted by Crippen LogP contribution is -2.04. The summed E-state index contributed by atoms with van der Waals surface area (Å²) in [6.45, 7) is 0. The van der Waals surface area contributed by atoms with Crippen LogP contribution in [0.1, 0.15) is 80.2 Å². The maximum Gasteiger partial charge on any atom is 0.0940 e. The van der Waals surface area contributed by atoms with Crippen LogP contribution in [0.15, 0.2) is 18.2 Å². The van der Waals surface area contributed by atoms with Crippen LogP contribution in [-0.4, -0.2) is 10.1 Å². The maximum absolute atomic E-state index is 10.3. The third-order valence-electron chi connectivity index (χ3n) is 5.53. The Morgan fingerprint density at radius 2 is 1.76 bits per heavy atom. The van der Waals surface area contributed by atoms with E-state index in [-0.39, 0.29) is 6.10 Å². The van der Waals surface area contributed by atoms with Crippen LogP contribution in [0.4, 0.5) is 0 Å². The largest absolute Gasteiger partial charge is 0.387 e. The predicted molar refractivity (Wildman–Crippen MR) is 86.6 cm³/mol. The third kappa shape index (κ3) is 2.40. The Bertz CT molecular complexity index is 636. The van der Waals surface area contributed by atoms with Crippen LogP contribution in [0, 0.1) is 0 Å². The van der Waals surface area contributed by atoms with Gasteiger partial charge in [0.15, 0.2) is 0 Å². The molecule has 0 bridgehead atoms. The van der Waals surface area contributed by atoms with Crippen LogP contribution in [0.3, 0.4) is 0 Å². The molecule has 0 unspecified atom stereocenters. The van der Waals surface area contributed by atoms with Gasteiger partial charge in [-0.2, -0.15) is 0 Å². The first-order valence-electron chi connectivity index (χ1n) is 8.65. The van der Waals surface area contributed by atoms with E-state index >= 15 is 0 Å². The van der Waals surface area contributed by atoms with E-state index in [1.54, 1.807) is 0 Å². The van der Waals surface area contributed by atoms with E-state index in [4.69, 9.17) is 0 Å². The fraction of sp³-hybridized carbons (Fsp3) is 0.579. The minimum Gasteiger partial charge on any atom is -0.387 e. The summed E-state index contributed by atoms with van der Waals surface area (Å²) in [6.07, 6.45) is 10.9. The van der Waals surface area contributed by atoms with E-state index in [0.29, 0.717) is 0 Å². The SMILES string of the molecule is O[C@H]1CCCCc2c1[nH]c1ccc(C3CCCCC3)cc21. The van der Waals surface area contributed by atoms with E-state index < -0.39 is 0 Å². The smallest absolute Gasteiger partial charge is 0.0940 e. The molecule has 1 saturated carbocycles. The molecule has 2 N–H and O–H groups in total. The number of aliphatic hydroxyl groups excluding tert-OH is 1. The van der Waals surface area contributed by atoms with Gasteiger partial charge in [-0.1, -0.05) is 31.7 Å². The van der Waals surface area contributed by atoms with Gasteiger partial charge in [-0.15, -0.1) is 0 Å². The molecule has 2 aliphatic carbocycles. The average Bonchev–Trinajstić information content (AvgIpc) is 2.80. The highest BCUT2D eigenvalue weighted by atomic mass is 16.3. The fourth-order valence-electron chi connectivity index (χ4n) is 4.31. The zero-order valence-corrected chi connectivity index (χ0v) is 12.7. The van der Waals surface area contributed by atoms with Gasteiger partial charge in [0.1, 0.15) is 0 Å². The Labute approximate surface area is 126 Å². The first kappa shape index (κ1) is 13.4. The Hall–Kier alpha value is -1.28. The number of fused-ring (bicyclic) bond motifs is 3. The summed E-state index contributed by atoms with van der Waals surface area (Å²) >= 11 is 0. The normalized spacial score (nSPS) is 24.0. The van der Waals surface area contributed by atoms with Gasteiger partial charge in [0.2, 0.25) is 0 Å². The molecule has 1 aromatic carbocycles. The van der Waals surface area contributed by atoms with E-state index in [2.05, 4.69) is 23.2 Å². The molecule has 0 spiro atoms. The Morgan fingerprint density at radius 3 is 2.62 bits per heavy atom. The van der Waals surface area contributed by atoms with Crippen LogP contribution in [0.2, 0.25) is 0 Å². The highest BCUT2D eigenvalue weighted by Gasteiger charge is 2.22. The molecule has 1 heterocycles. The first-order valence-corrected chi connectivity index (χ1v) is 8.65. The lowest BCUT2D eigenvalue weighted by molar-refractivity contribution is 0.163. The van der Waals surface area contributed by atoms with E-state index in [9.17, 15) is 5.11 Å². The number of aromatic nitrogens is 1. The number of benzene rings is 1.